The molecule has 27 heavy (non-hydrogen) atoms. The van der Waals surface area contributed by atoms with Crippen molar-refractivity contribution in [1.29, 1.82) is 0 Å². The Labute approximate surface area is 170 Å². The number of hydrogen-bond donors (Lipinski definition) is 3. The van der Waals surface area contributed by atoms with E-state index in [1.165, 1.54) is 0 Å². The zero-order valence-corrected chi connectivity index (χ0v) is 17.0. The number of benzene rings is 2. The number of urea groups is 1. The number of nitrogens with zero attached hydrogens (tertiary/aromatic N) is 1. The van der Waals surface area contributed by atoms with Crippen LogP contribution >= 0.6 is 27.5 Å². The molecule has 1 atom stereocenters. The second-order valence-corrected chi connectivity index (χ2v) is 7.57. The first-order valence-electron chi connectivity index (χ1n) is 8.55. The van der Waals surface area contributed by atoms with E-state index in [0.717, 1.165) is 17.7 Å². The highest BCUT2D eigenvalue weighted by atomic mass is 79.9. The molecule has 8 heteroatoms. The van der Waals surface area contributed by atoms with E-state index in [1.54, 1.807) is 42.5 Å². The Balaban J connectivity index is 2.13. The molecule has 3 rings (SSSR count). The minimum absolute atomic E-state index is 0.278. The van der Waals surface area contributed by atoms with E-state index >= 15 is 0 Å². The van der Waals surface area contributed by atoms with Crippen LogP contribution in [0, 0.1) is 0 Å². The number of hydrogen-bond acceptors (Lipinski definition) is 3. The van der Waals surface area contributed by atoms with Gasteiger partial charge in [-0.3, -0.25) is 9.69 Å². The van der Waals surface area contributed by atoms with Gasteiger partial charge in [0.2, 0.25) is 0 Å². The van der Waals surface area contributed by atoms with Gasteiger partial charge in [-0.25, -0.2) is 4.79 Å². The normalized spacial score (nSPS) is 18.7. The number of carbonyl (C=O) groups is 2. The zero-order valence-electron chi connectivity index (χ0n) is 14.6. The fourth-order valence-electron chi connectivity index (χ4n) is 2.97. The first-order chi connectivity index (χ1) is 12.9. The molecule has 1 heterocycles. The Morgan fingerprint density at radius 1 is 1.30 bits per heavy atom. The van der Waals surface area contributed by atoms with Gasteiger partial charge in [-0.05, 0) is 48.9 Å². The molecule has 142 valence electrons. The molecular weight excluding hydrogens is 434 g/mol. The number of nitrogens with one attached hydrogen (secondary N) is 2. The summed E-state index contributed by atoms with van der Waals surface area (Å²) in [6.45, 7) is 2.40. The summed E-state index contributed by atoms with van der Waals surface area (Å²) in [6, 6.07) is 10.7. The highest BCUT2D eigenvalue weighted by Crippen LogP contribution is 2.41. The van der Waals surface area contributed by atoms with Gasteiger partial charge in [0, 0.05) is 27.3 Å². The van der Waals surface area contributed by atoms with Gasteiger partial charge in [0.1, 0.15) is 0 Å². The van der Waals surface area contributed by atoms with Gasteiger partial charge >= 0.3 is 6.03 Å². The lowest BCUT2D eigenvalue weighted by atomic mass is 9.94. The predicted molar refractivity (Wildman–Crippen MR) is 109 cm³/mol. The number of fused-ring (bicyclic) bond motifs is 1. The third-order valence-electron chi connectivity index (χ3n) is 4.34. The maximum Gasteiger partial charge on any atom is 0.329 e. The summed E-state index contributed by atoms with van der Waals surface area (Å²) in [6.07, 6.45) is 1.66. The lowest BCUT2D eigenvalue weighted by Crippen LogP contribution is -2.62. The second-order valence-electron chi connectivity index (χ2n) is 6.21. The minimum atomic E-state index is -2.21. The van der Waals surface area contributed by atoms with Gasteiger partial charge in [0.05, 0.1) is 5.69 Å². The van der Waals surface area contributed by atoms with Gasteiger partial charge in [0.15, 0.2) is 0 Å². The maximum atomic E-state index is 13.0. The van der Waals surface area contributed by atoms with Gasteiger partial charge in [-0.1, -0.05) is 40.9 Å². The molecule has 0 fully saturated rings. The standard InChI is InChI=1S/C19H19BrClN3O3/c1-2-3-10-22-17(25)19(27)15-11-12(20)4-9-16(15)23-18(26)24(19)14-7-5-13(21)6-8-14/h4-9,11,27H,2-3,10H2,1H3,(H,22,25)(H,23,26)/t19-/m0/s1. The molecule has 0 radical (unpaired) electrons. The van der Waals surface area contributed by atoms with Gasteiger partial charge in [-0.15, -0.1) is 0 Å². The molecule has 3 amide bonds. The Bertz CT molecular complexity index is 875. The van der Waals surface area contributed by atoms with Crippen molar-refractivity contribution in [2.45, 2.75) is 25.5 Å². The number of amides is 3. The molecule has 0 saturated heterocycles. The molecule has 1 aliphatic rings. The van der Waals surface area contributed by atoms with Gasteiger partial charge in [0.25, 0.3) is 11.6 Å². The van der Waals surface area contributed by atoms with Gasteiger partial charge < -0.3 is 15.7 Å². The fourth-order valence-corrected chi connectivity index (χ4v) is 3.46. The summed E-state index contributed by atoms with van der Waals surface area (Å²) in [5.74, 6) is -0.667. The molecule has 0 spiro atoms. The maximum absolute atomic E-state index is 13.0. The molecule has 3 N–H and O–H groups in total. The summed E-state index contributed by atoms with van der Waals surface area (Å²) in [7, 11) is 0. The number of anilines is 2. The monoisotopic (exact) mass is 451 g/mol. The van der Waals surface area contributed by atoms with Crippen LogP contribution in [0.15, 0.2) is 46.9 Å². The van der Waals surface area contributed by atoms with Crippen LogP contribution in [-0.4, -0.2) is 23.6 Å². The Hall–Kier alpha value is -2.09. The Morgan fingerprint density at radius 3 is 2.67 bits per heavy atom. The van der Waals surface area contributed by atoms with E-state index in [9.17, 15) is 14.7 Å². The summed E-state index contributed by atoms with van der Waals surface area (Å²) >= 11 is 9.30. The highest BCUT2D eigenvalue weighted by Gasteiger charge is 2.52. The molecule has 0 saturated carbocycles. The van der Waals surface area contributed by atoms with Crippen molar-refractivity contribution in [3.8, 4) is 0 Å². The largest absolute Gasteiger partial charge is 0.359 e. The van der Waals surface area contributed by atoms with Crippen LogP contribution < -0.4 is 15.5 Å². The Morgan fingerprint density at radius 2 is 2.00 bits per heavy atom. The number of unbranched alkanes of at least 4 members (excludes halogenated alkanes) is 1. The van der Waals surface area contributed by atoms with Crippen LogP contribution in [-0.2, 0) is 10.5 Å². The van der Waals surface area contributed by atoms with E-state index in [0.29, 0.717) is 27.4 Å². The third kappa shape index (κ3) is 3.67. The Kier molecular flexibility index (Phi) is 5.74. The molecular formula is C19H19BrClN3O3. The first kappa shape index (κ1) is 19.7. The van der Waals surface area contributed by atoms with E-state index in [-0.39, 0.29) is 5.56 Å². The van der Waals surface area contributed by atoms with Crippen LogP contribution in [0.1, 0.15) is 25.3 Å². The predicted octanol–water partition coefficient (Wildman–Crippen LogP) is 4.22. The quantitative estimate of drug-likeness (QED) is 0.594. The summed E-state index contributed by atoms with van der Waals surface area (Å²) in [5.41, 5.74) is -1.21. The first-order valence-corrected chi connectivity index (χ1v) is 9.72. The van der Waals surface area contributed by atoms with Crippen molar-refractivity contribution >= 4 is 50.8 Å². The van der Waals surface area contributed by atoms with Crippen LogP contribution in [0.4, 0.5) is 16.2 Å². The molecule has 0 aromatic heterocycles. The van der Waals surface area contributed by atoms with E-state index in [4.69, 9.17) is 11.6 Å². The molecule has 0 aliphatic carbocycles. The summed E-state index contributed by atoms with van der Waals surface area (Å²) < 4.78 is 0.674. The summed E-state index contributed by atoms with van der Waals surface area (Å²) in [4.78, 5) is 26.9. The van der Waals surface area contributed by atoms with Crippen LogP contribution in [0.5, 0.6) is 0 Å². The minimum Gasteiger partial charge on any atom is -0.359 e. The summed E-state index contributed by atoms with van der Waals surface area (Å²) in [5, 5.41) is 17.5. The average Bonchev–Trinajstić information content (AvgIpc) is 2.64. The third-order valence-corrected chi connectivity index (χ3v) is 5.09. The lowest BCUT2D eigenvalue weighted by Gasteiger charge is -2.42. The topological polar surface area (TPSA) is 81.7 Å². The highest BCUT2D eigenvalue weighted by molar-refractivity contribution is 9.10. The molecule has 2 aromatic rings. The lowest BCUT2D eigenvalue weighted by molar-refractivity contribution is -0.140. The molecule has 2 aromatic carbocycles. The number of carbonyl (C=O) groups excluding carboxylic acids is 2. The zero-order chi connectivity index (χ0) is 19.6. The molecule has 1 aliphatic heterocycles. The van der Waals surface area contributed by atoms with Crippen molar-refractivity contribution in [3.63, 3.8) is 0 Å². The van der Waals surface area contributed by atoms with E-state index < -0.39 is 17.7 Å². The van der Waals surface area contributed by atoms with E-state index in [1.807, 2.05) is 6.92 Å². The smallest absolute Gasteiger partial charge is 0.329 e. The van der Waals surface area contributed by atoms with E-state index in [2.05, 4.69) is 26.6 Å². The number of rotatable bonds is 5. The van der Waals surface area contributed by atoms with Crippen molar-refractivity contribution in [1.82, 2.24) is 5.32 Å². The molecule has 0 bridgehead atoms. The van der Waals surface area contributed by atoms with Crippen LogP contribution in [0.3, 0.4) is 0 Å². The van der Waals surface area contributed by atoms with Crippen molar-refractivity contribution in [2.75, 3.05) is 16.8 Å². The number of halogens is 2. The second kappa shape index (κ2) is 7.88. The average molecular weight is 453 g/mol. The molecule has 0 unspecified atom stereocenters. The van der Waals surface area contributed by atoms with Crippen LogP contribution in [0.2, 0.25) is 5.02 Å². The van der Waals surface area contributed by atoms with Crippen molar-refractivity contribution in [2.24, 2.45) is 0 Å². The van der Waals surface area contributed by atoms with Crippen molar-refractivity contribution < 1.29 is 14.7 Å². The molecule has 6 nitrogen and oxygen atoms in total. The van der Waals surface area contributed by atoms with Crippen molar-refractivity contribution in [3.05, 3.63) is 57.5 Å². The number of aliphatic hydroxyl groups is 1. The SMILES string of the molecule is CCCCNC(=O)[C@@]1(O)c2cc(Br)ccc2NC(=O)N1c1ccc(Cl)cc1. The fraction of sp³-hybridized carbons (Fsp3) is 0.263. The van der Waals surface area contributed by atoms with Crippen LogP contribution in [0.25, 0.3) is 0 Å². The van der Waals surface area contributed by atoms with Gasteiger partial charge in [-0.2, -0.15) is 0 Å².